The average Bonchev–Trinajstić information content (AvgIpc) is 2.89. The molecule has 1 aromatic heterocycles. The molecule has 0 spiro atoms. The number of aryl methyl sites for hydroxylation is 1. The molecule has 0 radical (unpaired) electrons. The molecule has 2 N–H and O–H groups in total. The van der Waals surface area contributed by atoms with Gasteiger partial charge >= 0.3 is 0 Å². The number of carbonyl (C=O) groups excluding carboxylic acids is 1. The minimum absolute atomic E-state index is 0.670. The summed E-state index contributed by atoms with van der Waals surface area (Å²) < 4.78 is 0. The minimum atomic E-state index is 0.670. The molecule has 0 aliphatic heterocycles. The Hall–Kier alpha value is -3.06. The molecule has 3 aromatic rings. The number of rotatable bonds is 2. The molecule has 4 heteroatoms. The molecule has 4 nitrogen and oxygen atoms in total. The van der Waals surface area contributed by atoms with Gasteiger partial charge in [-0.3, -0.25) is 9.89 Å². The van der Waals surface area contributed by atoms with Crippen molar-refractivity contribution >= 4 is 23.0 Å². The lowest BCUT2D eigenvalue weighted by molar-refractivity contribution is -0.105. The molecule has 3 rings (SSSR count). The first kappa shape index (κ1) is 12.9. The molecule has 0 saturated heterocycles. The average molecular weight is 275 g/mol. The van der Waals surface area contributed by atoms with Gasteiger partial charge in [-0.25, -0.2) is 0 Å². The number of aromatic amines is 1. The van der Waals surface area contributed by atoms with Crippen LogP contribution in [0.1, 0.15) is 16.8 Å². The molecule has 102 valence electrons. The highest BCUT2D eigenvalue weighted by Crippen LogP contribution is 2.23. The van der Waals surface area contributed by atoms with E-state index in [4.69, 9.17) is 0 Å². The molecule has 21 heavy (non-hydrogen) atoms. The molecule has 1 heterocycles. The zero-order chi connectivity index (χ0) is 14.7. The Morgan fingerprint density at radius 2 is 2.00 bits per heavy atom. The van der Waals surface area contributed by atoms with Crippen molar-refractivity contribution in [2.75, 3.05) is 5.32 Å². The van der Waals surface area contributed by atoms with Crippen LogP contribution in [0.2, 0.25) is 0 Å². The maximum absolute atomic E-state index is 10.6. The second-order valence-electron chi connectivity index (χ2n) is 4.66. The number of amides is 1. The normalized spacial score (nSPS) is 9.95. The molecular formula is C17H13N3O. The fourth-order valence-electron chi connectivity index (χ4n) is 2.13. The van der Waals surface area contributed by atoms with Crippen molar-refractivity contribution in [3.05, 3.63) is 59.3 Å². The molecule has 0 fully saturated rings. The summed E-state index contributed by atoms with van der Waals surface area (Å²) in [7, 11) is 0. The summed E-state index contributed by atoms with van der Waals surface area (Å²) >= 11 is 0. The van der Waals surface area contributed by atoms with Crippen LogP contribution >= 0.6 is 0 Å². The van der Waals surface area contributed by atoms with Gasteiger partial charge in [0.1, 0.15) is 5.69 Å². The van der Waals surface area contributed by atoms with Gasteiger partial charge in [0.15, 0.2) is 0 Å². The van der Waals surface area contributed by atoms with E-state index in [1.807, 2.05) is 49.4 Å². The summed E-state index contributed by atoms with van der Waals surface area (Å²) in [6.45, 7) is 1.93. The van der Waals surface area contributed by atoms with E-state index < -0.39 is 0 Å². The van der Waals surface area contributed by atoms with E-state index >= 15 is 0 Å². The Kier molecular flexibility index (Phi) is 3.40. The standard InChI is InChI=1S/C17H13N3O/c1-12-9-17-14(10-16(12)18-11-21)15(19-20-17)8-7-13-5-3-2-4-6-13/h2-6,9-11H,1H3,(H,18,21)(H,19,20). The smallest absolute Gasteiger partial charge is 0.211 e. The summed E-state index contributed by atoms with van der Waals surface area (Å²) in [5, 5.41) is 10.8. The van der Waals surface area contributed by atoms with Crippen LogP contribution in [0.3, 0.4) is 0 Å². The second kappa shape index (κ2) is 5.51. The van der Waals surface area contributed by atoms with Crippen LogP contribution in [0.5, 0.6) is 0 Å². The molecule has 0 bridgehead atoms. The summed E-state index contributed by atoms with van der Waals surface area (Å²) in [6.07, 6.45) is 0.670. The Labute approximate surface area is 122 Å². The molecular weight excluding hydrogens is 262 g/mol. The number of hydrogen-bond acceptors (Lipinski definition) is 2. The highest BCUT2D eigenvalue weighted by Gasteiger charge is 2.07. The first-order chi connectivity index (χ1) is 10.3. The van der Waals surface area contributed by atoms with Crippen molar-refractivity contribution in [2.24, 2.45) is 0 Å². The SMILES string of the molecule is Cc1cc2n[nH]c(C#Cc3ccccc3)c2cc1NC=O. The summed E-state index contributed by atoms with van der Waals surface area (Å²) in [5.41, 5.74) is 4.24. The predicted octanol–water partition coefficient (Wildman–Crippen LogP) is 2.84. The van der Waals surface area contributed by atoms with Gasteiger partial charge in [0, 0.05) is 16.6 Å². The van der Waals surface area contributed by atoms with E-state index in [-0.39, 0.29) is 0 Å². The number of H-pyrrole nitrogens is 1. The number of aromatic nitrogens is 2. The quantitative estimate of drug-likeness (QED) is 0.558. The van der Waals surface area contributed by atoms with E-state index in [0.29, 0.717) is 6.41 Å². The van der Waals surface area contributed by atoms with Gasteiger partial charge in [0.05, 0.1) is 5.52 Å². The van der Waals surface area contributed by atoms with E-state index in [1.54, 1.807) is 0 Å². The van der Waals surface area contributed by atoms with Gasteiger partial charge < -0.3 is 5.32 Å². The molecule has 0 saturated carbocycles. The van der Waals surface area contributed by atoms with E-state index in [0.717, 1.165) is 33.4 Å². The number of fused-ring (bicyclic) bond motifs is 1. The van der Waals surface area contributed by atoms with Crippen LogP contribution in [-0.4, -0.2) is 16.6 Å². The zero-order valence-electron chi connectivity index (χ0n) is 11.5. The van der Waals surface area contributed by atoms with E-state index in [1.165, 1.54) is 0 Å². The minimum Gasteiger partial charge on any atom is -0.328 e. The lowest BCUT2D eigenvalue weighted by Gasteiger charge is -2.03. The lowest BCUT2D eigenvalue weighted by atomic mass is 10.1. The lowest BCUT2D eigenvalue weighted by Crippen LogP contribution is -1.96. The number of carbonyl (C=O) groups is 1. The topological polar surface area (TPSA) is 57.8 Å². The van der Waals surface area contributed by atoms with Gasteiger partial charge in [-0.05, 0) is 42.7 Å². The molecule has 0 atom stereocenters. The van der Waals surface area contributed by atoms with Crippen molar-refractivity contribution in [1.29, 1.82) is 0 Å². The summed E-state index contributed by atoms with van der Waals surface area (Å²) in [5.74, 6) is 6.18. The Bertz CT molecular complexity index is 854. The van der Waals surface area contributed by atoms with Crippen molar-refractivity contribution in [1.82, 2.24) is 10.2 Å². The fraction of sp³-hybridized carbons (Fsp3) is 0.0588. The first-order valence-electron chi connectivity index (χ1n) is 6.54. The summed E-state index contributed by atoms with van der Waals surface area (Å²) in [4.78, 5) is 10.6. The van der Waals surface area contributed by atoms with Crippen molar-refractivity contribution < 1.29 is 4.79 Å². The largest absolute Gasteiger partial charge is 0.328 e. The number of nitrogens with one attached hydrogen (secondary N) is 2. The van der Waals surface area contributed by atoms with Gasteiger partial charge in [0.25, 0.3) is 0 Å². The number of nitrogens with zero attached hydrogens (tertiary/aromatic N) is 1. The van der Waals surface area contributed by atoms with Crippen LogP contribution < -0.4 is 5.32 Å². The van der Waals surface area contributed by atoms with Crippen LogP contribution in [0.15, 0.2) is 42.5 Å². The number of anilines is 1. The Morgan fingerprint density at radius 3 is 2.76 bits per heavy atom. The maximum Gasteiger partial charge on any atom is 0.211 e. The van der Waals surface area contributed by atoms with Gasteiger partial charge in [0.2, 0.25) is 6.41 Å². The highest BCUT2D eigenvalue weighted by atomic mass is 16.1. The molecule has 0 unspecified atom stereocenters. The summed E-state index contributed by atoms with van der Waals surface area (Å²) in [6, 6.07) is 13.6. The van der Waals surface area contributed by atoms with Gasteiger partial charge in [-0.1, -0.05) is 24.1 Å². The maximum atomic E-state index is 10.6. The second-order valence-corrected chi connectivity index (χ2v) is 4.66. The van der Waals surface area contributed by atoms with E-state index in [9.17, 15) is 4.79 Å². The zero-order valence-corrected chi connectivity index (χ0v) is 11.5. The van der Waals surface area contributed by atoms with Gasteiger partial charge in [-0.2, -0.15) is 5.10 Å². The Balaban J connectivity index is 2.06. The number of hydrogen-bond donors (Lipinski definition) is 2. The third kappa shape index (κ3) is 2.63. The van der Waals surface area contributed by atoms with Crippen LogP contribution in [0.25, 0.3) is 10.9 Å². The molecule has 1 amide bonds. The first-order valence-corrected chi connectivity index (χ1v) is 6.54. The van der Waals surface area contributed by atoms with Crippen molar-refractivity contribution in [2.45, 2.75) is 6.92 Å². The molecule has 0 aliphatic carbocycles. The van der Waals surface area contributed by atoms with Crippen LogP contribution in [0, 0.1) is 18.8 Å². The predicted molar refractivity (Wildman–Crippen MR) is 82.9 cm³/mol. The van der Waals surface area contributed by atoms with Crippen molar-refractivity contribution in [3.63, 3.8) is 0 Å². The molecule has 0 aliphatic rings. The van der Waals surface area contributed by atoms with Crippen molar-refractivity contribution in [3.8, 4) is 11.8 Å². The number of benzene rings is 2. The fourth-order valence-corrected chi connectivity index (χ4v) is 2.13. The Morgan fingerprint density at radius 1 is 1.19 bits per heavy atom. The molecule has 2 aromatic carbocycles. The van der Waals surface area contributed by atoms with Gasteiger partial charge in [-0.15, -0.1) is 0 Å². The highest BCUT2D eigenvalue weighted by molar-refractivity contribution is 5.90. The third-order valence-electron chi connectivity index (χ3n) is 3.22. The monoisotopic (exact) mass is 275 g/mol. The van der Waals surface area contributed by atoms with Crippen LogP contribution in [-0.2, 0) is 4.79 Å². The van der Waals surface area contributed by atoms with Crippen LogP contribution in [0.4, 0.5) is 5.69 Å². The third-order valence-corrected chi connectivity index (χ3v) is 3.22. The van der Waals surface area contributed by atoms with E-state index in [2.05, 4.69) is 27.4 Å².